The number of hydrogen-bond donors (Lipinski definition) is 2. The summed E-state index contributed by atoms with van der Waals surface area (Å²) in [6.45, 7) is 5.53. The van der Waals surface area contributed by atoms with Gasteiger partial charge in [0.05, 0.1) is 16.0 Å². The maximum Gasteiger partial charge on any atom is 0.257 e. The van der Waals surface area contributed by atoms with E-state index in [1.54, 1.807) is 34.2 Å². The Morgan fingerprint density at radius 2 is 1.76 bits per heavy atom. The number of carbonyl (C=O) groups is 2. The molecule has 0 aliphatic carbocycles. The minimum absolute atomic E-state index is 0.0113. The number of anilines is 3. The SMILES string of the molecule is CC(=O)N1CCN(C(=O)c2cc(Sc3cnc(Nc4cccc(N5CCCCC5)n4)s3)ccc2O)CC1. The van der Waals surface area contributed by atoms with Crippen LogP contribution in [0.5, 0.6) is 5.75 Å². The molecule has 2 aliphatic heterocycles. The number of rotatable bonds is 6. The molecule has 3 aromatic rings. The van der Waals surface area contributed by atoms with Crippen LogP contribution in [0.2, 0.25) is 0 Å². The summed E-state index contributed by atoms with van der Waals surface area (Å²) < 4.78 is 0.953. The van der Waals surface area contributed by atoms with Crippen LogP contribution in [-0.2, 0) is 4.79 Å². The van der Waals surface area contributed by atoms with Gasteiger partial charge >= 0.3 is 0 Å². The fourth-order valence-electron chi connectivity index (χ4n) is 4.53. The van der Waals surface area contributed by atoms with Gasteiger partial charge in [0.2, 0.25) is 5.91 Å². The van der Waals surface area contributed by atoms with Gasteiger partial charge in [-0.3, -0.25) is 9.59 Å². The van der Waals surface area contributed by atoms with Crippen molar-refractivity contribution in [1.82, 2.24) is 19.8 Å². The molecule has 2 amide bonds. The summed E-state index contributed by atoms with van der Waals surface area (Å²) >= 11 is 2.99. The van der Waals surface area contributed by atoms with Crippen molar-refractivity contribution < 1.29 is 14.7 Å². The Bertz CT molecular complexity index is 1270. The quantitative estimate of drug-likeness (QED) is 0.475. The lowest BCUT2D eigenvalue weighted by atomic mass is 10.1. The van der Waals surface area contributed by atoms with E-state index in [4.69, 9.17) is 4.98 Å². The first-order valence-corrected chi connectivity index (χ1v) is 14.1. The minimum Gasteiger partial charge on any atom is -0.507 e. The van der Waals surface area contributed by atoms with Crippen molar-refractivity contribution in [3.63, 3.8) is 0 Å². The van der Waals surface area contributed by atoms with E-state index in [9.17, 15) is 14.7 Å². The molecule has 0 unspecified atom stereocenters. The average molecular weight is 539 g/mol. The van der Waals surface area contributed by atoms with E-state index in [1.807, 2.05) is 18.2 Å². The van der Waals surface area contributed by atoms with Crippen LogP contribution in [-0.4, -0.2) is 76.0 Å². The largest absolute Gasteiger partial charge is 0.507 e. The van der Waals surface area contributed by atoms with Crippen molar-refractivity contribution in [2.75, 3.05) is 49.5 Å². The Balaban J connectivity index is 1.23. The van der Waals surface area contributed by atoms with Crippen LogP contribution in [0.15, 0.2) is 51.7 Å². The summed E-state index contributed by atoms with van der Waals surface area (Å²) in [5.74, 6) is 1.48. The van der Waals surface area contributed by atoms with Gasteiger partial charge in [-0.2, -0.15) is 0 Å². The fourth-order valence-corrected chi connectivity index (χ4v) is 6.43. The molecule has 4 heterocycles. The second-order valence-corrected chi connectivity index (χ2v) is 11.5. The second kappa shape index (κ2) is 11.4. The molecular formula is C26H30N6O3S2. The van der Waals surface area contributed by atoms with Crippen molar-refractivity contribution in [2.45, 2.75) is 35.3 Å². The minimum atomic E-state index is -0.227. The molecule has 37 heavy (non-hydrogen) atoms. The third-order valence-corrected chi connectivity index (χ3v) is 8.57. The molecule has 2 saturated heterocycles. The Morgan fingerprint density at radius 1 is 1.00 bits per heavy atom. The zero-order chi connectivity index (χ0) is 25.8. The summed E-state index contributed by atoms with van der Waals surface area (Å²) in [6, 6.07) is 11.1. The molecule has 11 heteroatoms. The summed E-state index contributed by atoms with van der Waals surface area (Å²) in [5.41, 5.74) is 0.267. The van der Waals surface area contributed by atoms with Gasteiger partial charge in [-0.25, -0.2) is 9.97 Å². The van der Waals surface area contributed by atoms with E-state index < -0.39 is 0 Å². The molecule has 2 aliphatic rings. The number of nitrogens with zero attached hydrogens (tertiary/aromatic N) is 5. The lowest BCUT2D eigenvalue weighted by molar-refractivity contribution is -0.130. The number of thiazole rings is 1. The zero-order valence-electron chi connectivity index (χ0n) is 20.7. The number of aromatic nitrogens is 2. The van der Waals surface area contributed by atoms with E-state index in [0.29, 0.717) is 26.2 Å². The van der Waals surface area contributed by atoms with Crippen LogP contribution in [0.25, 0.3) is 0 Å². The molecule has 0 bridgehead atoms. The maximum absolute atomic E-state index is 13.1. The first-order valence-electron chi connectivity index (χ1n) is 12.5. The highest BCUT2D eigenvalue weighted by Crippen LogP contribution is 2.37. The van der Waals surface area contributed by atoms with Crippen LogP contribution in [0.4, 0.5) is 16.8 Å². The number of piperidine rings is 1. The van der Waals surface area contributed by atoms with Crippen LogP contribution in [0.1, 0.15) is 36.5 Å². The first kappa shape index (κ1) is 25.3. The zero-order valence-corrected chi connectivity index (χ0v) is 22.4. The third kappa shape index (κ3) is 6.16. The van der Waals surface area contributed by atoms with E-state index in [0.717, 1.165) is 39.0 Å². The van der Waals surface area contributed by atoms with Crippen LogP contribution in [0.3, 0.4) is 0 Å². The molecule has 2 N–H and O–H groups in total. The molecule has 1 aromatic carbocycles. The molecule has 2 aromatic heterocycles. The molecule has 2 fully saturated rings. The Labute approximate surface area is 224 Å². The maximum atomic E-state index is 13.1. The van der Waals surface area contributed by atoms with E-state index in [1.165, 1.54) is 49.3 Å². The molecule has 9 nitrogen and oxygen atoms in total. The van der Waals surface area contributed by atoms with Crippen molar-refractivity contribution in [3.8, 4) is 5.75 Å². The third-order valence-electron chi connectivity index (χ3n) is 6.56. The number of aromatic hydroxyl groups is 1. The van der Waals surface area contributed by atoms with Crippen molar-refractivity contribution in [3.05, 3.63) is 48.2 Å². The molecule has 0 spiro atoms. The summed E-state index contributed by atoms with van der Waals surface area (Å²) in [5, 5.41) is 14.4. The predicted octanol–water partition coefficient (Wildman–Crippen LogP) is 4.43. The Morgan fingerprint density at radius 3 is 2.51 bits per heavy atom. The number of piperazine rings is 1. The highest BCUT2D eigenvalue weighted by atomic mass is 32.2. The van der Waals surface area contributed by atoms with Gasteiger partial charge in [0.25, 0.3) is 5.91 Å². The number of phenolic OH excluding ortho intramolecular Hbond substituents is 1. The standard InChI is InChI=1S/C26H30N6O3S2/c1-18(33)30-12-14-32(15-13-30)25(35)20-16-19(8-9-21(20)34)36-24-17-27-26(37-24)29-22-6-5-7-23(28-22)31-10-3-2-4-11-31/h5-9,16-17,34H,2-4,10-15H2,1H3,(H,27,28,29). The van der Waals surface area contributed by atoms with Crippen LogP contribution < -0.4 is 10.2 Å². The monoisotopic (exact) mass is 538 g/mol. The number of pyridine rings is 1. The van der Waals surface area contributed by atoms with E-state index in [-0.39, 0.29) is 23.1 Å². The summed E-state index contributed by atoms with van der Waals surface area (Å²) in [4.78, 5) is 40.5. The highest BCUT2D eigenvalue weighted by molar-refractivity contribution is 8.01. The Kier molecular flexibility index (Phi) is 7.80. The van der Waals surface area contributed by atoms with Crippen molar-refractivity contribution >= 4 is 51.7 Å². The number of hydrogen-bond acceptors (Lipinski definition) is 9. The van der Waals surface area contributed by atoms with Crippen LogP contribution in [0, 0.1) is 0 Å². The molecule has 0 atom stereocenters. The first-order chi connectivity index (χ1) is 18.0. The van der Waals surface area contributed by atoms with Gasteiger partial charge in [0, 0.05) is 51.1 Å². The number of nitrogens with one attached hydrogen (secondary N) is 1. The lowest BCUT2D eigenvalue weighted by Crippen LogP contribution is -2.50. The lowest BCUT2D eigenvalue weighted by Gasteiger charge is -2.34. The molecule has 0 radical (unpaired) electrons. The van der Waals surface area contributed by atoms with Gasteiger partial charge in [-0.1, -0.05) is 29.2 Å². The predicted molar refractivity (Wildman–Crippen MR) is 146 cm³/mol. The average Bonchev–Trinajstić information content (AvgIpc) is 3.36. The van der Waals surface area contributed by atoms with E-state index in [2.05, 4.69) is 15.2 Å². The molecule has 0 saturated carbocycles. The fraction of sp³-hybridized carbons (Fsp3) is 0.385. The van der Waals surface area contributed by atoms with Crippen molar-refractivity contribution in [2.24, 2.45) is 0 Å². The number of benzene rings is 1. The molecule has 5 rings (SSSR count). The van der Waals surface area contributed by atoms with Crippen LogP contribution >= 0.6 is 23.1 Å². The summed E-state index contributed by atoms with van der Waals surface area (Å²) in [7, 11) is 0. The van der Waals surface area contributed by atoms with E-state index >= 15 is 0 Å². The van der Waals surface area contributed by atoms with Gasteiger partial charge in [-0.15, -0.1) is 0 Å². The smallest absolute Gasteiger partial charge is 0.257 e. The van der Waals surface area contributed by atoms with Gasteiger partial charge in [-0.05, 0) is 49.6 Å². The second-order valence-electron chi connectivity index (χ2n) is 9.12. The highest BCUT2D eigenvalue weighted by Gasteiger charge is 2.25. The van der Waals surface area contributed by atoms with Gasteiger partial charge in [0.15, 0.2) is 5.13 Å². The number of phenols is 1. The number of amides is 2. The molecular weight excluding hydrogens is 508 g/mol. The van der Waals surface area contributed by atoms with Gasteiger partial charge in [0.1, 0.15) is 17.4 Å². The topological polar surface area (TPSA) is 102 Å². The normalized spacial score (nSPS) is 16.1. The molecule has 194 valence electrons. The Hall–Kier alpha value is -3.31. The number of carbonyl (C=O) groups excluding carboxylic acids is 2. The van der Waals surface area contributed by atoms with Gasteiger partial charge < -0.3 is 25.1 Å². The summed E-state index contributed by atoms with van der Waals surface area (Å²) in [6.07, 6.45) is 5.48. The van der Waals surface area contributed by atoms with Crippen molar-refractivity contribution in [1.29, 1.82) is 0 Å².